The number of aromatic hydroxyl groups is 1. The zero-order valence-electron chi connectivity index (χ0n) is 10.1. The minimum atomic E-state index is -0.413. The Morgan fingerprint density at radius 2 is 2.29 bits per heavy atom. The summed E-state index contributed by atoms with van der Waals surface area (Å²) in [5, 5.41) is 12.1. The number of hydrogen-bond acceptors (Lipinski definition) is 3. The SMILES string of the molecule is CCCC(N)C(=O)NCCc1cccc(O)c1. The standard InChI is InChI=1S/C13H20N2O2/c1-2-4-12(14)13(17)15-8-7-10-5-3-6-11(16)9-10/h3,5-6,9,12,16H,2,4,7-8,14H2,1H3,(H,15,17). The average molecular weight is 236 g/mol. The van der Waals surface area contributed by atoms with Gasteiger partial charge in [0, 0.05) is 6.54 Å². The summed E-state index contributed by atoms with van der Waals surface area (Å²) in [6.07, 6.45) is 2.30. The summed E-state index contributed by atoms with van der Waals surface area (Å²) >= 11 is 0. The molecule has 0 fully saturated rings. The van der Waals surface area contributed by atoms with Crippen LogP contribution in [0.4, 0.5) is 0 Å². The van der Waals surface area contributed by atoms with Crippen molar-refractivity contribution in [2.45, 2.75) is 32.2 Å². The number of amides is 1. The molecule has 0 spiro atoms. The summed E-state index contributed by atoms with van der Waals surface area (Å²) < 4.78 is 0. The van der Waals surface area contributed by atoms with Gasteiger partial charge in [-0.3, -0.25) is 4.79 Å². The van der Waals surface area contributed by atoms with E-state index in [1.807, 2.05) is 13.0 Å². The normalized spacial score (nSPS) is 12.1. The smallest absolute Gasteiger partial charge is 0.236 e. The fraction of sp³-hybridized carbons (Fsp3) is 0.462. The van der Waals surface area contributed by atoms with Gasteiger partial charge in [-0.1, -0.05) is 25.5 Å². The summed E-state index contributed by atoms with van der Waals surface area (Å²) in [6, 6.07) is 6.61. The van der Waals surface area contributed by atoms with Crippen molar-refractivity contribution in [1.82, 2.24) is 5.32 Å². The topological polar surface area (TPSA) is 75.4 Å². The quantitative estimate of drug-likeness (QED) is 0.694. The molecule has 1 aromatic rings. The van der Waals surface area contributed by atoms with Crippen molar-refractivity contribution >= 4 is 5.91 Å². The van der Waals surface area contributed by atoms with Crippen LogP contribution in [0.5, 0.6) is 5.75 Å². The molecule has 1 rings (SSSR count). The fourth-order valence-electron chi connectivity index (χ4n) is 1.62. The summed E-state index contributed by atoms with van der Waals surface area (Å²) in [7, 11) is 0. The zero-order chi connectivity index (χ0) is 12.7. The van der Waals surface area contributed by atoms with Crippen LogP contribution in [0.3, 0.4) is 0 Å². The van der Waals surface area contributed by atoms with E-state index in [1.54, 1.807) is 18.2 Å². The number of nitrogens with two attached hydrogens (primary N) is 1. The second kappa shape index (κ2) is 6.91. The fourth-order valence-corrected chi connectivity index (χ4v) is 1.62. The van der Waals surface area contributed by atoms with E-state index in [9.17, 15) is 9.90 Å². The van der Waals surface area contributed by atoms with Crippen molar-refractivity contribution in [3.63, 3.8) is 0 Å². The molecule has 4 N–H and O–H groups in total. The lowest BCUT2D eigenvalue weighted by Gasteiger charge is -2.11. The zero-order valence-corrected chi connectivity index (χ0v) is 10.1. The van der Waals surface area contributed by atoms with Crippen molar-refractivity contribution in [2.24, 2.45) is 5.73 Å². The molecule has 0 aliphatic carbocycles. The Labute approximate surface area is 102 Å². The van der Waals surface area contributed by atoms with Crippen LogP contribution in [0.1, 0.15) is 25.3 Å². The summed E-state index contributed by atoms with van der Waals surface area (Å²) in [5.74, 6) is 0.142. The van der Waals surface area contributed by atoms with E-state index in [2.05, 4.69) is 5.32 Å². The minimum Gasteiger partial charge on any atom is -0.508 e. The molecule has 0 aliphatic rings. The predicted molar refractivity (Wildman–Crippen MR) is 67.7 cm³/mol. The largest absolute Gasteiger partial charge is 0.508 e. The predicted octanol–water partition coefficient (Wildman–Crippen LogP) is 1.18. The number of rotatable bonds is 6. The van der Waals surface area contributed by atoms with Crippen LogP contribution < -0.4 is 11.1 Å². The lowest BCUT2D eigenvalue weighted by molar-refractivity contribution is -0.122. The monoisotopic (exact) mass is 236 g/mol. The second-order valence-corrected chi connectivity index (χ2v) is 4.11. The van der Waals surface area contributed by atoms with Gasteiger partial charge < -0.3 is 16.2 Å². The first-order valence-electron chi connectivity index (χ1n) is 5.94. The third-order valence-corrected chi connectivity index (χ3v) is 2.56. The average Bonchev–Trinajstić information content (AvgIpc) is 2.29. The summed E-state index contributed by atoms with van der Waals surface area (Å²) in [5.41, 5.74) is 6.67. The lowest BCUT2D eigenvalue weighted by Crippen LogP contribution is -2.41. The number of phenols is 1. The molecular weight excluding hydrogens is 216 g/mol. The Morgan fingerprint density at radius 1 is 1.53 bits per heavy atom. The van der Waals surface area contributed by atoms with Crippen LogP contribution in [0.25, 0.3) is 0 Å². The molecule has 0 aliphatic heterocycles. The molecule has 0 bridgehead atoms. The highest BCUT2D eigenvalue weighted by atomic mass is 16.3. The van der Waals surface area contributed by atoms with Crippen LogP contribution in [0.15, 0.2) is 24.3 Å². The Kier molecular flexibility index (Phi) is 5.49. The highest BCUT2D eigenvalue weighted by Gasteiger charge is 2.10. The molecule has 4 nitrogen and oxygen atoms in total. The van der Waals surface area contributed by atoms with Crippen molar-refractivity contribution in [3.8, 4) is 5.75 Å². The number of phenolic OH excluding ortho intramolecular Hbond substituents is 1. The van der Waals surface area contributed by atoms with E-state index in [4.69, 9.17) is 5.73 Å². The third-order valence-electron chi connectivity index (χ3n) is 2.56. The molecule has 94 valence electrons. The van der Waals surface area contributed by atoms with Gasteiger partial charge in [-0.2, -0.15) is 0 Å². The van der Waals surface area contributed by atoms with E-state index in [0.29, 0.717) is 19.4 Å². The van der Waals surface area contributed by atoms with Crippen molar-refractivity contribution in [3.05, 3.63) is 29.8 Å². The first-order chi connectivity index (χ1) is 8.13. The highest BCUT2D eigenvalue weighted by Crippen LogP contribution is 2.10. The molecule has 1 amide bonds. The first kappa shape index (κ1) is 13.5. The molecule has 0 aromatic heterocycles. The summed E-state index contributed by atoms with van der Waals surface area (Å²) in [4.78, 5) is 11.5. The van der Waals surface area contributed by atoms with Gasteiger partial charge in [0.15, 0.2) is 0 Å². The number of nitrogens with one attached hydrogen (secondary N) is 1. The van der Waals surface area contributed by atoms with E-state index in [1.165, 1.54) is 0 Å². The third kappa shape index (κ3) is 4.87. The molecule has 4 heteroatoms. The van der Waals surface area contributed by atoms with Crippen molar-refractivity contribution < 1.29 is 9.90 Å². The van der Waals surface area contributed by atoms with Crippen LogP contribution in [0.2, 0.25) is 0 Å². The number of hydrogen-bond donors (Lipinski definition) is 3. The van der Waals surface area contributed by atoms with Gasteiger partial charge in [0.2, 0.25) is 5.91 Å². The molecular formula is C13H20N2O2. The van der Waals surface area contributed by atoms with Gasteiger partial charge in [-0.25, -0.2) is 0 Å². The van der Waals surface area contributed by atoms with Crippen LogP contribution in [-0.2, 0) is 11.2 Å². The van der Waals surface area contributed by atoms with Crippen molar-refractivity contribution in [1.29, 1.82) is 0 Å². The lowest BCUT2D eigenvalue weighted by atomic mass is 10.1. The van der Waals surface area contributed by atoms with Crippen LogP contribution in [-0.4, -0.2) is 23.6 Å². The Hall–Kier alpha value is -1.55. The van der Waals surface area contributed by atoms with Crippen molar-refractivity contribution in [2.75, 3.05) is 6.54 Å². The number of carbonyl (C=O) groups is 1. The van der Waals surface area contributed by atoms with Crippen LogP contribution in [0, 0.1) is 0 Å². The molecule has 17 heavy (non-hydrogen) atoms. The molecule has 0 radical (unpaired) electrons. The maximum atomic E-state index is 11.5. The second-order valence-electron chi connectivity index (χ2n) is 4.11. The van der Waals surface area contributed by atoms with E-state index in [0.717, 1.165) is 12.0 Å². The highest BCUT2D eigenvalue weighted by molar-refractivity contribution is 5.81. The molecule has 0 saturated carbocycles. The maximum Gasteiger partial charge on any atom is 0.236 e. The van der Waals surface area contributed by atoms with E-state index >= 15 is 0 Å². The van der Waals surface area contributed by atoms with E-state index in [-0.39, 0.29) is 11.7 Å². The Balaban J connectivity index is 2.30. The Bertz CT molecular complexity index is 366. The maximum absolute atomic E-state index is 11.5. The van der Waals surface area contributed by atoms with Gasteiger partial charge in [-0.15, -0.1) is 0 Å². The summed E-state index contributed by atoms with van der Waals surface area (Å²) in [6.45, 7) is 2.54. The number of benzene rings is 1. The van der Waals surface area contributed by atoms with Gasteiger partial charge in [0.05, 0.1) is 6.04 Å². The van der Waals surface area contributed by atoms with Gasteiger partial charge >= 0.3 is 0 Å². The molecule has 1 aromatic carbocycles. The van der Waals surface area contributed by atoms with Gasteiger partial charge in [-0.05, 0) is 30.5 Å². The Morgan fingerprint density at radius 3 is 2.94 bits per heavy atom. The first-order valence-corrected chi connectivity index (χ1v) is 5.94. The molecule has 1 atom stereocenters. The van der Waals surface area contributed by atoms with E-state index < -0.39 is 6.04 Å². The molecule has 1 unspecified atom stereocenters. The minimum absolute atomic E-state index is 0.105. The number of carbonyl (C=O) groups excluding carboxylic acids is 1. The molecule has 0 saturated heterocycles. The van der Waals surface area contributed by atoms with Gasteiger partial charge in [0.25, 0.3) is 0 Å². The molecule has 0 heterocycles. The van der Waals surface area contributed by atoms with Crippen LogP contribution >= 0.6 is 0 Å². The van der Waals surface area contributed by atoms with Gasteiger partial charge in [0.1, 0.15) is 5.75 Å².